The van der Waals surface area contributed by atoms with Gasteiger partial charge in [0.2, 0.25) is 0 Å². The molecule has 0 radical (unpaired) electrons. The Balaban J connectivity index is 1.49. The van der Waals surface area contributed by atoms with E-state index in [1.54, 1.807) is 0 Å². The Kier molecular flexibility index (Phi) is 5.62. The Morgan fingerprint density at radius 2 is 1.14 bits per heavy atom. The number of nitrogens with zero attached hydrogens (tertiary/aromatic N) is 5. The fourth-order valence-corrected chi connectivity index (χ4v) is 7.12. The van der Waals surface area contributed by atoms with Crippen LogP contribution in [0.4, 0.5) is 11.6 Å². The van der Waals surface area contributed by atoms with Gasteiger partial charge in [-0.05, 0) is 24.3 Å². The molecule has 44 heavy (non-hydrogen) atoms. The molecule has 3 N–H and O–H groups in total. The van der Waals surface area contributed by atoms with E-state index in [9.17, 15) is 0 Å². The van der Waals surface area contributed by atoms with Crippen LogP contribution in [0.25, 0.3) is 32.3 Å². The van der Waals surface area contributed by atoms with Gasteiger partial charge in [-0.25, -0.2) is 25.0 Å². The third kappa shape index (κ3) is 3.75. The number of hydrogen-bond acceptors (Lipinski definition) is 5. The molecule has 212 valence electrons. The number of hydrogen-bond donors (Lipinski definition) is 3. The Labute approximate surface area is 267 Å². The number of H-pyrrole nitrogens is 3. The topological polar surface area (TPSA) is 109 Å². The van der Waals surface area contributed by atoms with Crippen LogP contribution in [0.15, 0.2) is 114 Å². The van der Waals surface area contributed by atoms with E-state index in [4.69, 9.17) is 71.4 Å². The van der Waals surface area contributed by atoms with Crippen molar-refractivity contribution in [2.45, 2.75) is 0 Å². The summed E-state index contributed by atoms with van der Waals surface area (Å²) in [6.45, 7) is 0. The summed E-state index contributed by atoms with van der Waals surface area (Å²) >= 11 is 27.1. The highest BCUT2D eigenvalue weighted by Crippen LogP contribution is 2.39. The number of benzene rings is 3. The summed E-state index contributed by atoms with van der Waals surface area (Å²) < 4.78 is 0. The normalized spacial score (nSPS) is 18.0. The van der Waals surface area contributed by atoms with Crippen LogP contribution in [0.2, 0.25) is 15.1 Å². The lowest BCUT2D eigenvalue weighted by Crippen LogP contribution is -2.18. The maximum Gasteiger partial charge on any atom is 0.160 e. The zero-order valence-corrected chi connectivity index (χ0v) is 25.3. The van der Waals surface area contributed by atoms with Crippen LogP contribution in [0, 0.1) is 5.92 Å². The van der Waals surface area contributed by atoms with Crippen molar-refractivity contribution in [3.05, 3.63) is 126 Å². The average molecular weight is 654 g/mol. The molecule has 1 unspecified atom stereocenters. The second kappa shape index (κ2) is 9.51. The van der Waals surface area contributed by atoms with Crippen LogP contribution in [-0.4, -0.2) is 20.8 Å². The summed E-state index contributed by atoms with van der Waals surface area (Å²) in [4.78, 5) is 35.1. The minimum Gasteiger partial charge on any atom is -0.324 e. The van der Waals surface area contributed by atoms with Crippen LogP contribution < -0.4 is 22.0 Å². The number of allylic oxidation sites excluding steroid dienone is 3. The summed E-state index contributed by atoms with van der Waals surface area (Å²) in [5, 5.41) is 6.67. The monoisotopic (exact) mass is 652 g/mol. The van der Waals surface area contributed by atoms with Gasteiger partial charge in [0.05, 0.1) is 21.0 Å². The number of fused-ring (bicyclic) bond motifs is 18. The Hall–Kier alpha value is -4.47. The largest absolute Gasteiger partial charge is 0.324 e. The SMILES string of the molecule is ClC1=CC=CC2=C3N=C(N=c4[nH]/c(c5c(Cl)cccc45)=N\c4[nH]c(c5c(Cl)cccc45)N=c4[nH]c(c5c(Cl)cccc45)=N3)C12. The predicted molar refractivity (Wildman–Crippen MR) is 175 cm³/mol. The molecule has 5 heterocycles. The van der Waals surface area contributed by atoms with Crippen LogP contribution in [0.3, 0.4) is 0 Å². The minimum absolute atomic E-state index is 0.397. The smallest absolute Gasteiger partial charge is 0.160 e. The van der Waals surface area contributed by atoms with Crippen molar-refractivity contribution in [2.24, 2.45) is 30.9 Å². The summed E-state index contributed by atoms with van der Waals surface area (Å²) in [5.74, 6) is 1.62. The molecule has 2 aliphatic heterocycles. The first-order chi connectivity index (χ1) is 21.4. The Morgan fingerprint density at radius 1 is 0.545 bits per heavy atom. The number of aromatic nitrogens is 3. The summed E-state index contributed by atoms with van der Waals surface area (Å²) in [6.07, 6.45) is 5.67. The van der Waals surface area contributed by atoms with Gasteiger partial charge < -0.3 is 15.0 Å². The van der Waals surface area contributed by atoms with Crippen LogP contribution >= 0.6 is 46.4 Å². The lowest BCUT2D eigenvalue weighted by atomic mass is 9.95. The van der Waals surface area contributed by atoms with Crippen molar-refractivity contribution in [3.8, 4) is 0 Å². The lowest BCUT2D eigenvalue weighted by Gasteiger charge is -2.14. The van der Waals surface area contributed by atoms with Gasteiger partial charge in [-0.3, -0.25) is 0 Å². The fraction of sp³-hybridized carbons (Fsp3) is 0.0312. The molecule has 0 saturated heterocycles. The van der Waals surface area contributed by atoms with E-state index in [0.29, 0.717) is 70.7 Å². The second-order valence-electron chi connectivity index (χ2n) is 10.5. The Bertz CT molecular complexity index is 2670. The molecule has 3 aliphatic rings. The predicted octanol–water partition coefficient (Wildman–Crippen LogP) is 7.18. The molecular weight excluding hydrogens is 638 g/mol. The molecule has 1 atom stereocenters. The standard InChI is InChI=1S/C32H16Cl4N8/c33-17-9-1-5-13-21(17)29-37-25(13)41-30-22-14(6-2-10-18(22)34)27(38-30)43-32-24-16(8-4-12-20(24)36)28(40-32)44-31-23-15(26(39-31)42-29)7-3-11-19(23)35/h1-12,21,40H,(H,38,41,43)(H,37,39,42,44). The van der Waals surface area contributed by atoms with Crippen molar-refractivity contribution in [3.63, 3.8) is 0 Å². The van der Waals surface area contributed by atoms with Gasteiger partial charge in [0, 0.05) is 42.9 Å². The zero-order chi connectivity index (χ0) is 29.7. The highest BCUT2D eigenvalue weighted by atomic mass is 35.5. The summed E-state index contributed by atoms with van der Waals surface area (Å²) in [5.41, 5.74) is 2.94. The molecule has 0 spiro atoms. The van der Waals surface area contributed by atoms with Crippen molar-refractivity contribution in [2.75, 3.05) is 0 Å². The number of halogens is 4. The van der Waals surface area contributed by atoms with Crippen molar-refractivity contribution < 1.29 is 0 Å². The first-order valence-electron chi connectivity index (χ1n) is 13.6. The van der Waals surface area contributed by atoms with Crippen LogP contribution in [0.1, 0.15) is 0 Å². The molecule has 3 aromatic heterocycles. The zero-order valence-electron chi connectivity index (χ0n) is 22.3. The molecule has 9 rings (SSSR count). The first-order valence-corrected chi connectivity index (χ1v) is 15.1. The van der Waals surface area contributed by atoms with Gasteiger partial charge in [-0.15, -0.1) is 0 Å². The van der Waals surface area contributed by atoms with E-state index in [0.717, 1.165) is 32.5 Å². The highest BCUT2D eigenvalue weighted by molar-refractivity contribution is 6.37. The van der Waals surface area contributed by atoms with Gasteiger partial charge in [-0.2, -0.15) is 0 Å². The van der Waals surface area contributed by atoms with Gasteiger partial charge in [0.1, 0.15) is 39.4 Å². The van der Waals surface area contributed by atoms with Crippen molar-refractivity contribution in [1.29, 1.82) is 0 Å². The molecule has 0 fully saturated rings. The number of nitrogens with one attached hydrogen (secondary N) is 3. The molecule has 6 aromatic rings. The third-order valence-corrected chi connectivity index (χ3v) is 9.26. The lowest BCUT2D eigenvalue weighted by molar-refractivity contribution is 1.00. The average Bonchev–Trinajstić information content (AvgIpc) is 3.74. The van der Waals surface area contributed by atoms with E-state index in [1.807, 2.05) is 72.8 Å². The van der Waals surface area contributed by atoms with Crippen LogP contribution in [0.5, 0.6) is 0 Å². The first kappa shape index (κ1) is 26.0. The van der Waals surface area contributed by atoms with E-state index in [1.165, 1.54) is 0 Å². The van der Waals surface area contributed by atoms with E-state index in [2.05, 4.69) is 15.0 Å². The number of amidine groups is 1. The molecule has 0 saturated carbocycles. The molecule has 8 bridgehead atoms. The number of rotatable bonds is 0. The van der Waals surface area contributed by atoms with Gasteiger partial charge >= 0.3 is 0 Å². The summed E-state index contributed by atoms with van der Waals surface area (Å²) in [6, 6.07) is 16.9. The number of aliphatic imine (C=N–C) groups is 1. The quantitative estimate of drug-likeness (QED) is 0.154. The highest BCUT2D eigenvalue weighted by Gasteiger charge is 2.33. The van der Waals surface area contributed by atoms with Gasteiger partial charge in [-0.1, -0.05) is 95.0 Å². The van der Waals surface area contributed by atoms with E-state index < -0.39 is 5.92 Å². The molecule has 3 aromatic carbocycles. The second-order valence-corrected chi connectivity index (χ2v) is 12.2. The molecule has 0 amide bonds. The molecular formula is C32H16Cl4N8. The fourth-order valence-electron chi connectivity index (χ4n) is 6.04. The van der Waals surface area contributed by atoms with E-state index >= 15 is 0 Å². The third-order valence-electron chi connectivity index (χ3n) is 7.97. The van der Waals surface area contributed by atoms with Gasteiger partial charge in [0.15, 0.2) is 5.82 Å². The Morgan fingerprint density at radius 3 is 1.84 bits per heavy atom. The maximum atomic E-state index is 6.78. The molecule has 8 nitrogen and oxygen atoms in total. The maximum absolute atomic E-state index is 6.78. The van der Waals surface area contributed by atoms with E-state index in [-0.39, 0.29) is 0 Å². The van der Waals surface area contributed by atoms with Crippen LogP contribution in [-0.2, 0) is 0 Å². The van der Waals surface area contributed by atoms with Crippen molar-refractivity contribution in [1.82, 2.24) is 15.0 Å². The molecule has 12 heteroatoms. The summed E-state index contributed by atoms with van der Waals surface area (Å²) in [7, 11) is 0. The minimum atomic E-state index is -0.397. The number of aromatic amines is 3. The van der Waals surface area contributed by atoms with Crippen molar-refractivity contribution >= 4 is 96.2 Å². The van der Waals surface area contributed by atoms with Gasteiger partial charge in [0.25, 0.3) is 0 Å². The molecule has 1 aliphatic carbocycles.